The van der Waals surface area contributed by atoms with Gasteiger partial charge in [-0.3, -0.25) is 0 Å². The monoisotopic (exact) mass is 251 g/mol. The molecule has 0 aliphatic carbocycles. The average molecular weight is 251 g/mol. The lowest BCUT2D eigenvalue weighted by molar-refractivity contribution is 0.357. The highest BCUT2D eigenvalue weighted by Crippen LogP contribution is 2.28. The summed E-state index contributed by atoms with van der Waals surface area (Å²) in [6, 6.07) is 6.52. The summed E-state index contributed by atoms with van der Waals surface area (Å²) in [5, 5.41) is 0. The summed E-state index contributed by atoms with van der Waals surface area (Å²) in [5.41, 5.74) is 8.77. The minimum atomic E-state index is 0.143. The first-order chi connectivity index (χ1) is 8.16. The van der Waals surface area contributed by atoms with Crippen molar-refractivity contribution in [1.82, 2.24) is 0 Å². The number of fused-ring (bicyclic) bond motifs is 1. The number of benzene rings is 1. The van der Waals surface area contributed by atoms with Crippen molar-refractivity contribution in [2.45, 2.75) is 26.3 Å². The van der Waals surface area contributed by atoms with Crippen LogP contribution in [0.25, 0.3) is 0 Å². The number of ether oxygens (including phenoxy) is 1. The van der Waals surface area contributed by atoms with Gasteiger partial charge in [0.05, 0.1) is 6.61 Å². The Morgan fingerprint density at radius 3 is 2.94 bits per heavy atom. The van der Waals surface area contributed by atoms with E-state index < -0.39 is 0 Å². The van der Waals surface area contributed by atoms with E-state index in [-0.39, 0.29) is 6.04 Å². The standard InChI is InChI=1S/C14H21NOS/c1-10(2)8-17-9-13(15)11-3-4-14-12(7-11)5-6-16-14/h3-4,7,10,13H,5-6,8-9,15H2,1-2H3. The van der Waals surface area contributed by atoms with E-state index in [1.807, 2.05) is 11.8 Å². The lowest BCUT2D eigenvalue weighted by atomic mass is 10.0. The molecule has 17 heavy (non-hydrogen) atoms. The molecule has 2 rings (SSSR count). The third-order valence-corrected chi connectivity index (χ3v) is 4.39. The van der Waals surface area contributed by atoms with E-state index in [1.54, 1.807) is 0 Å². The number of thioether (sulfide) groups is 1. The van der Waals surface area contributed by atoms with Gasteiger partial charge in [-0.2, -0.15) is 11.8 Å². The molecule has 3 heteroatoms. The van der Waals surface area contributed by atoms with Crippen LogP contribution in [0.5, 0.6) is 5.75 Å². The predicted molar refractivity (Wildman–Crippen MR) is 74.7 cm³/mol. The zero-order chi connectivity index (χ0) is 12.3. The Hall–Kier alpha value is -0.670. The lowest BCUT2D eigenvalue weighted by Gasteiger charge is -2.13. The van der Waals surface area contributed by atoms with Crippen LogP contribution < -0.4 is 10.5 Å². The molecule has 1 unspecified atom stereocenters. The molecule has 0 saturated carbocycles. The van der Waals surface area contributed by atoms with E-state index in [2.05, 4.69) is 32.0 Å². The molecule has 1 aliphatic heterocycles. The molecule has 0 radical (unpaired) electrons. The van der Waals surface area contributed by atoms with Gasteiger partial charge in [-0.25, -0.2) is 0 Å². The fourth-order valence-corrected chi connectivity index (χ4v) is 3.02. The summed E-state index contributed by atoms with van der Waals surface area (Å²) in [4.78, 5) is 0. The van der Waals surface area contributed by atoms with Crippen LogP contribution in [-0.2, 0) is 6.42 Å². The number of hydrogen-bond donors (Lipinski definition) is 1. The maximum atomic E-state index is 6.21. The number of hydrogen-bond acceptors (Lipinski definition) is 3. The van der Waals surface area contributed by atoms with E-state index in [9.17, 15) is 0 Å². The van der Waals surface area contributed by atoms with Gasteiger partial charge in [-0.05, 0) is 28.9 Å². The van der Waals surface area contributed by atoms with E-state index in [1.165, 1.54) is 16.9 Å². The van der Waals surface area contributed by atoms with Crippen molar-refractivity contribution in [3.8, 4) is 5.75 Å². The van der Waals surface area contributed by atoms with Crippen LogP contribution in [0.15, 0.2) is 18.2 Å². The molecule has 1 atom stereocenters. The molecule has 1 aliphatic rings. The van der Waals surface area contributed by atoms with Crippen molar-refractivity contribution in [1.29, 1.82) is 0 Å². The van der Waals surface area contributed by atoms with Crippen LogP contribution in [0.3, 0.4) is 0 Å². The molecule has 0 amide bonds. The van der Waals surface area contributed by atoms with Crippen LogP contribution in [-0.4, -0.2) is 18.1 Å². The molecular formula is C14H21NOS. The molecule has 1 aromatic rings. The third-order valence-electron chi connectivity index (χ3n) is 2.89. The molecule has 2 N–H and O–H groups in total. The minimum Gasteiger partial charge on any atom is -0.493 e. The van der Waals surface area contributed by atoms with Gasteiger partial charge in [0, 0.05) is 18.2 Å². The van der Waals surface area contributed by atoms with Gasteiger partial charge in [0.25, 0.3) is 0 Å². The SMILES string of the molecule is CC(C)CSCC(N)c1ccc2c(c1)CCO2. The Kier molecular flexibility index (Phi) is 4.35. The first kappa shape index (κ1) is 12.8. The predicted octanol–water partition coefficient (Wildman–Crippen LogP) is 3.01. The van der Waals surface area contributed by atoms with E-state index >= 15 is 0 Å². The van der Waals surface area contributed by atoms with Gasteiger partial charge in [0.15, 0.2) is 0 Å². The molecule has 1 aromatic carbocycles. The summed E-state index contributed by atoms with van der Waals surface area (Å²) < 4.78 is 5.50. The summed E-state index contributed by atoms with van der Waals surface area (Å²) in [5.74, 6) is 3.95. The van der Waals surface area contributed by atoms with Gasteiger partial charge in [0.1, 0.15) is 5.75 Å². The van der Waals surface area contributed by atoms with E-state index in [0.29, 0.717) is 0 Å². The molecule has 1 heterocycles. The second kappa shape index (κ2) is 5.78. The molecule has 0 bridgehead atoms. The molecule has 0 aromatic heterocycles. The number of rotatable bonds is 5. The second-order valence-electron chi connectivity index (χ2n) is 5.00. The lowest BCUT2D eigenvalue weighted by Crippen LogP contribution is -2.14. The second-order valence-corrected chi connectivity index (χ2v) is 6.08. The summed E-state index contributed by atoms with van der Waals surface area (Å²) in [6.45, 7) is 5.30. The quantitative estimate of drug-likeness (QED) is 0.873. The fourth-order valence-electron chi connectivity index (χ4n) is 1.96. The number of nitrogens with two attached hydrogens (primary N) is 1. The Balaban J connectivity index is 1.92. The highest BCUT2D eigenvalue weighted by molar-refractivity contribution is 7.99. The maximum Gasteiger partial charge on any atom is 0.122 e. The molecule has 0 spiro atoms. The van der Waals surface area contributed by atoms with E-state index in [4.69, 9.17) is 10.5 Å². The van der Waals surface area contributed by atoms with Crippen molar-refractivity contribution in [2.75, 3.05) is 18.1 Å². The summed E-state index contributed by atoms with van der Waals surface area (Å²) in [7, 11) is 0. The summed E-state index contributed by atoms with van der Waals surface area (Å²) in [6.07, 6.45) is 1.02. The maximum absolute atomic E-state index is 6.21. The van der Waals surface area contributed by atoms with Gasteiger partial charge in [-0.15, -0.1) is 0 Å². The first-order valence-corrected chi connectivity index (χ1v) is 7.41. The third kappa shape index (κ3) is 3.39. The Labute approximate surface area is 108 Å². The van der Waals surface area contributed by atoms with Gasteiger partial charge in [0.2, 0.25) is 0 Å². The van der Waals surface area contributed by atoms with Crippen LogP contribution in [0, 0.1) is 5.92 Å². The summed E-state index contributed by atoms with van der Waals surface area (Å²) >= 11 is 1.94. The van der Waals surface area contributed by atoms with Crippen molar-refractivity contribution < 1.29 is 4.74 Å². The average Bonchev–Trinajstić information content (AvgIpc) is 2.75. The Bertz CT molecular complexity index is 378. The highest BCUT2D eigenvalue weighted by atomic mass is 32.2. The Morgan fingerprint density at radius 2 is 2.18 bits per heavy atom. The fraction of sp³-hybridized carbons (Fsp3) is 0.571. The van der Waals surface area contributed by atoms with Crippen LogP contribution >= 0.6 is 11.8 Å². The van der Waals surface area contributed by atoms with Crippen LogP contribution in [0.1, 0.15) is 31.0 Å². The van der Waals surface area contributed by atoms with Crippen LogP contribution in [0.2, 0.25) is 0 Å². The van der Waals surface area contributed by atoms with E-state index in [0.717, 1.165) is 30.4 Å². The molecular weight excluding hydrogens is 230 g/mol. The minimum absolute atomic E-state index is 0.143. The van der Waals surface area contributed by atoms with Gasteiger partial charge < -0.3 is 10.5 Å². The van der Waals surface area contributed by atoms with Gasteiger partial charge in [-0.1, -0.05) is 26.0 Å². The molecule has 0 fully saturated rings. The van der Waals surface area contributed by atoms with Crippen molar-refractivity contribution in [2.24, 2.45) is 11.7 Å². The van der Waals surface area contributed by atoms with Crippen molar-refractivity contribution in [3.05, 3.63) is 29.3 Å². The zero-order valence-electron chi connectivity index (χ0n) is 10.6. The largest absolute Gasteiger partial charge is 0.493 e. The normalized spacial score (nSPS) is 15.8. The van der Waals surface area contributed by atoms with Crippen molar-refractivity contribution in [3.63, 3.8) is 0 Å². The van der Waals surface area contributed by atoms with Gasteiger partial charge >= 0.3 is 0 Å². The molecule has 94 valence electrons. The topological polar surface area (TPSA) is 35.2 Å². The smallest absolute Gasteiger partial charge is 0.122 e. The van der Waals surface area contributed by atoms with Crippen molar-refractivity contribution >= 4 is 11.8 Å². The van der Waals surface area contributed by atoms with Crippen LogP contribution in [0.4, 0.5) is 0 Å². The zero-order valence-corrected chi connectivity index (χ0v) is 11.4. The highest BCUT2D eigenvalue weighted by Gasteiger charge is 2.14. The molecule has 0 saturated heterocycles. The first-order valence-electron chi connectivity index (χ1n) is 6.25. The Morgan fingerprint density at radius 1 is 1.35 bits per heavy atom. The molecule has 2 nitrogen and oxygen atoms in total.